The summed E-state index contributed by atoms with van der Waals surface area (Å²) in [6.45, 7) is 0. The fourth-order valence-corrected chi connectivity index (χ4v) is 2.32. The van der Waals surface area contributed by atoms with Gasteiger partial charge in [-0.2, -0.15) is 11.8 Å². The molecule has 2 N–H and O–H groups in total. The van der Waals surface area contributed by atoms with Gasteiger partial charge in [0.2, 0.25) is 0 Å². The van der Waals surface area contributed by atoms with Crippen LogP contribution in [0.3, 0.4) is 0 Å². The zero-order chi connectivity index (χ0) is 16.0. The van der Waals surface area contributed by atoms with Gasteiger partial charge >= 0.3 is 5.97 Å². The van der Waals surface area contributed by atoms with Crippen molar-refractivity contribution in [3.8, 4) is 0 Å². The normalized spacial score (nSPS) is 11.7. The van der Waals surface area contributed by atoms with Crippen molar-refractivity contribution in [1.82, 2.24) is 5.32 Å². The number of hydrogen-bond donors (Lipinski definition) is 2. The zero-order valence-electron chi connectivity index (χ0n) is 11.0. The Morgan fingerprint density at radius 2 is 2.19 bits per heavy atom. The summed E-state index contributed by atoms with van der Waals surface area (Å²) >= 11 is 7.26. The van der Waals surface area contributed by atoms with E-state index < -0.39 is 28.5 Å². The molecular weight excluding hydrogens is 320 g/mol. The van der Waals surface area contributed by atoms with E-state index in [2.05, 4.69) is 5.32 Å². The molecule has 0 heterocycles. The monoisotopic (exact) mass is 332 g/mol. The zero-order valence-corrected chi connectivity index (χ0v) is 12.6. The molecule has 0 saturated heterocycles. The fraction of sp³-hybridized carbons (Fsp3) is 0.333. The number of amides is 1. The van der Waals surface area contributed by atoms with Crippen LogP contribution in [0.2, 0.25) is 5.02 Å². The third kappa shape index (κ3) is 4.61. The fourth-order valence-electron chi connectivity index (χ4n) is 1.57. The molecule has 0 unspecified atom stereocenters. The Morgan fingerprint density at radius 3 is 2.71 bits per heavy atom. The average molecular weight is 333 g/mol. The molecule has 9 heteroatoms. The van der Waals surface area contributed by atoms with Gasteiger partial charge in [-0.05, 0) is 24.5 Å². The van der Waals surface area contributed by atoms with Crippen LogP contribution < -0.4 is 5.32 Å². The van der Waals surface area contributed by atoms with E-state index in [0.717, 1.165) is 0 Å². The SMILES string of the molecule is CSCC[C@@H](NC(=O)c1cccc([N+](=O)[O-])c1Cl)C(=O)O. The van der Waals surface area contributed by atoms with Gasteiger partial charge in [0, 0.05) is 6.07 Å². The van der Waals surface area contributed by atoms with E-state index in [9.17, 15) is 19.7 Å². The largest absolute Gasteiger partial charge is 0.480 e. The minimum Gasteiger partial charge on any atom is -0.480 e. The summed E-state index contributed by atoms with van der Waals surface area (Å²) in [6.07, 6.45) is 2.06. The first-order valence-corrected chi connectivity index (χ1v) is 7.61. The van der Waals surface area contributed by atoms with Crippen molar-refractivity contribution in [3.63, 3.8) is 0 Å². The van der Waals surface area contributed by atoms with Gasteiger partial charge in [0.25, 0.3) is 11.6 Å². The smallest absolute Gasteiger partial charge is 0.326 e. The third-order valence-corrected chi connectivity index (χ3v) is 3.67. The van der Waals surface area contributed by atoms with Crippen molar-refractivity contribution < 1.29 is 19.6 Å². The average Bonchev–Trinajstić information content (AvgIpc) is 2.42. The van der Waals surface area contributed by atoms with Crippen molar-refractivity contribution in [2.24, 2.45) is 0 Å². The van der Waals surface area contributed by atoms with Crippen LogP contribution in [0.25, 0.3) is 0 Å². The summed E-state index contributed by atoms with van der Waals surface area (Å²) in [5, 5.41) is 21.8. The van der Waals surface area contributed by atoms with Crippen LogP contribution in [-0.4, -0.2) is 40.0 Å². The van der Waals surface area contributed by atoms with Crippen LogP contribution in [0.4, 0.5) is 5.69 Å². The highest BCUT2D eigenvalue weighted by atomic mass is 35.5. The highest BCUT2D eigenvalue weighted by Crippen LogP contribution is 2.27. The van der Waals surface area contributed by atoms with Crippen molar-refractivity contribution in [3.05, 3.63) is 38.9 Å². The van der Waals surface area contributed by atoms with E-state index in [0.29, 0.717) is 5.75 Å². The molecule has 0 fully saturated rings. The summed E-state index contributed by atoms with van der Waals surface area (Å²) in [6, 6.07) is 2.72. The van der Waals surface area contributed by atoms with Crippen molar-refractivity contribution >= 4 is 40.9 Å². The Morgan fingerprint density at radius 1 is 1.52 bits per heavy atom. The molecule has 1 aromatic carbocycles. The second-order valence-electron chi connectivity index (χ2n) is 4.04. The molecule has 0 aromatic heterocycles. The molecule has 0 aliphatic carbocycles. The Labute approximate surface area is 129 Å². The Bertz CT molecular complexity index is 567. The summed E-state index contributed by atoms with van der Waals surface area (Å²) in [4.78, 5) is 33.2. The molecule has 0 saturated carbocycles. The van der Waals surface area contributed by atoms with E-state index in [1.165, 1.54) is 30.0 Å². The van der Waals surface area contributed by atoms with E-state index in [4.69, 9.17) is 16.7 Å². The lowest BCUT2D eigenvalue weighted by atomic mass is 10.1. The number of nitro benzene ring substituents is 1. The number of aliphatic carboxylic acids is 1. The summed E-state index contributed by atoms with van der Waals surface area (Å²) < 4.78 is 0. The maximum atomic E-state index is 12.0. The molecule has 0 bridgehead atoms. The van der Waals surface area contributed by atoms with Gasteiger partial charge in [0.05, 0.1) is 10.5 Å². The van der Waals surface area contributed by atoms with Gasteiger partial charge in [-0.3, -0.25) is 14.9 Å². The lowest BCUT2D eigenvalue weighted by molar-refractivity contribution is -0.384. The molecule has 0 radical (unpaired) electrons. The van der Waals surface area contributed by atoms with E-state index in [1.54, 1.807) is 0 Å². The number of benzene rings is 1. The van der Waals surface area contributed by atoms with Crippen LogP contribution in [0.15, 0.2) is 18.2 Å². The number of hydrogen-bond acceptors (Lipinski definition) is 5. The number of nitro groups is 1. The van der Waals surface area contributed by atoms with Gasteiger partial charge in [-0.25, -0.2) is 4.79 Å². The maximum absolute atomic E-state index is 12.0. The molecular formula is C12H13ClN2O5S. The number of carboxylic acid groups (broad SMARTS) is 1. The molecule has 1 aromatic rings. The minimum absolute atomic E-state index is 0.124. The highest BCUT2D eigenvalue weighted by molar-refractivity contribution is 7.98. The maximum Gasteiger partial charge on any atom is 0.326 e. The number of rotatable bonds is 7. The van der Waals surface area contributed by atoms with Crippen LogP contribution >= 0.6 is 23.4 Å². The third-order valence-electron chi connectivity index (χ3n) is 2.63. The van der Waals surface area contributed by atoms with Gasteiger partial charge in [-0.1, -0.05) is 17.7 Å². The number of nitrogens with one attached hydrogen (secondary N) is 1. The number of carbonyl (C=O) groups is 2. The summed E-state index contributed by atoms with van der Waals surface area (Å²) in [5.74, 6) is -1.36. The Kier molecular flexibility index (Phi) is 6.44. The quantitative estimate of drug-likeness (QED) is 0.585. The van der Waals surface area contributed by atoms with Gasteiger partial charge in [0.15, 0.2) is 0 Å². The molecule has 7 nitrogen and oxygen atoms in total. The number of thioether (sulfide) groups is 1. The van der Waals surface area contributed by atoms with Crippen LogP contribution in [0.1, 0.15) is 16.8 Å². The number of carbonyl (C=O) groups excluding carboxylic acids is 1. The topological polar surface area (TPSA) is 110 Å². The lowest BCUT2D eigenvalue weighted by Gasteiger charge is -2.14. The second-order valence-corrected chi connectivity index (χ2v) is 5.41. The van der Waals surface area contributed by atoms with Crippen LogP contribution in [0, 0.1) is 10.1 Å². The highest BCUT2D eigenvalue weighted by Gasteiger charge is 2.24. The number of halogens is 1. The molecule has 1 amide bonds. The molecule has 0 aliphatic heterocycles. The molecule has 0 spiro atoms. The second kappa shape index (κ2) is 7.84. The first-order valence-electron chi connectivity index (χ1n) is 5.84. The first-order chi connectivity index (χ1) is 9.88. The van der Waals surface area contributed by atoms with Crippen molar-refractivity contribution in [2.75, 3.05) is 12.0 Å². The number of nitrogens with zero attached hydrogens (tertiary/aromatic N) is 1. The lowest BCUT2D eigenvalue weighted by Crippen LogP contribution is -2.41. The van der Waals surface area contributed by atoms with E-state index >= 15 is 0 Å². The number of carboxylic acids is 1. The van der Waals surface area contributed by atoms with Gasteiger partial charge < -0.3 is 10.4 Å². The van der Waals surface area contributed by atoms with Crippen LogP contribution in [-0.2, 0) is 4.79 Å². The molecule has 21 heavy (non-hydrogen) atoms. The van der Waals surface area contributed by atoms with E-state index in [-0.39, 0.29) is 17.0 Å². The Hall–Kier alpha value is -1.80. The summed E-state index contributed by atoms with van der Waals surface area (Å²) in [7, 11) is 0. The Balaban J connectivity index is 2.95. The van der Waals surface area contributed by atoms with E-state index in [1.807, 2.05) is 6.26 Å². The predicted molar refractivity (Wildman–Crippen MR) is 80.0 cm³/mol. The van der Waals surface area contributed by atoms with Gasteiger partial charge in [0.1, 0.15) is 11.1 Å². The molecule has 114 valence electrons. The molecule has 1 rings (SSSR count). The summed E-state index contributed by atoms with van der Waals surface area (Å²) in [5.41, 5.74) is -0.526. The van der Waals surface area contributed by atoms with Gasteiger partial charge in [-0.15, -0.1) is 0 Å². The standard InChI is InChI=1S/C12H13ClN2O5S/c1-21-6-5-8(12(17)18)14-11(16)7-3-2-4-9(10(7)13)15(19)20/h2-4,8H,5-6H2,1H3,(H,14,16)(H,17,18)/t8-/m1/s1. The predicted octanol–water partition coefficient (Wildman–Crippen LogP) is 2.18. The minimum atomic E-state index is -1.17. The van der Waals surface area contributed by atoms with Crippen LogP contribution in [0.5, 0.6) is 0 Å². The first kappa shape index (κ1) is 17.3. The van der Waals surface area contributed by atoms with Crippen molar-refractivity contribution in [2.45, 2.75) is 12.5 Å². The molecule has 1 atom stereocenters. The van der Waals surface area contributed by atoms with Crippen molar-refractivity contribution in [1.29, 1.82) is 0 Å². The molecule has 0 aliphatic rings.